The molecule has 3 aromatic rings. The summed E-state index contributed by atoms with van der Waals surface area (Å²) < 4.78 is 16.1. The Hall–Kier alpha value is -2.99. The highest BCUT2D eigenvalue weighted by Crippen LogP contribution is 2.34. The molecule has 3 heterocycles. The first-order valence-corrected chi connectivity index (χ1v) is 11.6. The highest BCUT2D eigenvalue weighted by Gasteiger charge is 2.24. The van der Waals surface area contributed by atoms with Crippen LogP contribution in [0.4, 0.5) is 5.95 Å². The van der Waals surface area contributed by atoms with Gasteiger partial charge in [-0.15, -0.1) is 10.2 Å². The van der Waals surface area contributed by atoms with Crippen LogP contribution in [0.2, 0.25) is 0 Å². The summed E-state index contributed by atoms with van der Waals surface area (Å²) in [5.74, 6) is 2.02. The van der Waals surface area contributed by atoms with E-state index in [0.29, 0.717) is 42.1 Å². The average Bonchev–Trinajstić information content (AvgIpc) is 3.24. The van der Waals surface area contributed by atoms with Gasteiger partial charge in [0.15, 0.2) is 5.69 Å². The number of methoxy groups -OCH3 is 2. The Balaban J connectivity index is 1.89. The Bertz CT molecular complexity index is 1010. The molecule has 2 unspecified atom stereocenters. The molecule has 0 aliphatic rings. The van der Waals surface area contributed by atoms with E-state index in [-0.39, 0.29) is 17.8 Å². The topological polar surface area (TPSA) is 133 Å². The van der Waals surface area contributed by atoms with Crippen LogP contribution in [0, 0.1) is 6.92 Å². The van der Waals surface area contributed by atoms with E-state index in [0.717, 1.165) is 17.8 Å². The van der Waals surface area contributed by atoms with E-state index in [4.69, 9.17) is 9.47 Å². The zero-order valence-corrected chi connectivity index (χ0v) is 20.3. The molecular formula is C21H30N8O3S. The third kappa shape index (κ3) is 5.88. The third-order valence-corrected chi connectivity index (χ3v) is 6.29. The fourth-order valence-corrected chi connectivity index (χ4v) is 3.90. The number of nitrogens with one attached hydrogen (secondary N) is 1. The lowest BCUT2D eigenvalue weighted by molar-refractivity contribution is 0.284. The Morgan fingerprint density at radius 1 is 1.03 bits per heavy atom. The number of aliphatic hydroxyl groups is 1. The normalized spacial score (nSPS) is 12.9. The maximum Gasteiger partial charge on any atom is 0.245 e. The van der Waals surface area contributed by atoms with Gasteiger partial charge in [0.1, 0.15) is 12.2 Å². The first kappa shape index (κ1) is 24.6. The van der Waals surface area contributed by atoms with Crippen molar-refractivity contribution >= 4 is 17.9 Å². The second-order valence-electron chi connectivity index (χ2n) is 7.49. The van der Waals surface area contributed by atoms with Crippen molar-refractivity contribution in [3.8, 4) is 17.4 Å². The minimum Gasteiger partial charge on any atom is -0.479 e. The molecule has 0 radical (unpaired) electrons. The summed E-state index contributed by atoms with van der Waals surface area (Å²) in [4.78, 5) is 17.3. The van der Waals surface area contributed by atoms with Crippen molar-refractivity contribution in [1.82, 2.24) is 34.7 Å². The van der Waals surface area contributed by atoms with E-state index in [9.17, 15) is 5.11 Å². The van der Waals surface area contributed by atoms with Crippen molar-refractivity contribution in [3.05, 3.63) is 35.9 Å². The second-order valence-corrected chi connectivity index (χ2v) is 8.68. The molecule has 0 bridgehead atoms. The quantitative estimate of drug-likeness (QED) is 0.296. The summed E-state index contributed by atoms with van der Waals surface area (Å²) in [5.41, 5.74) is 2.33. The van der Waals surface area contributed by atoms with Crippen LogP contribution >= 0.6 is 11.9 Å². The minimum atomic E-state index is 0.119. The van der Waals surface area contributed by atoms with Crippen molar-refractivity contribution in [2.75, 3.05) is 25.5 Å². The number of aromatic nitrogens is 7. The first-order chi connectivity index (χ1) is 16.0. The maximum atomic E-state index is 9.18. The zero-order valence-electron chi connectivity index (χ0n) is 19.5. The van der Waals surface area contributed by atoms with Gasteiger partial charge >= 0.3 is 0 Å². The number of hydrogen-bond donors (Lipinski definition) is 2. The van der Waals surface area contributed by atoms with Crippen molar-refractivity contribution in [1.29, 1.82) is 0 Å². The molecule has 0 fully saturated rings. The Morgan fingerprint density at radius 3 is 2.36 bits per heavy atom. The Morgan fingerprint density at radius 2 is 1.76 bits per heavy atom. The molecule has 0 aliphatic carbocycles. The Labute approximate surface area is 197 Å². The van der Waals surface area contributed by atoms with Crippen LogP contribution in [-0.2, 0) is 6.42 Å². The number of anilines is 1. The van der Waals surface area contributed by atoms with E-state index in [2.05, 4.69) is 48.7 Å². The zero-order chi connectivity index (χ0) is 23.8. The van der Waals surface area contributed by atoms with Gasteiger partial charge in [0, 0.05) is 36.6 Å². The number of aryl methyl sites for hydroxylation is 2. The molecule has 0 amide bonds. The lowest BCUT2D eigenvalue weighted by atomic mass is 10.1. The molecular weight excluding hydrogens is 444 g/mol. The third-order valence-electron chi connectivity index (χ3n) is 5.21. The number of rotatable bonds is 12. The molecule has 3 aromatic heterocycles. The van der Waals surface area contributed by atoms with Crippen molar-refractivity contribution < 1.29 is 14.6 Å². The Kier molecular flexibility index (Phi) is 8.78. The van der Waals surface area contributed by atoms with Gasteiger partial charge in [0.25, 0.3) is 0 Å². The molecule has 11 nitrogen and oxygen atoms in total. The highest BCUT2D eigenvalue weighted by atomic mass is 32.2. The molecule has 33 heavy (non-hydrogen) atoms. The van der Waals surface area contributed by atoms with Crippen molar-refractivity contribution in [2.45, 2.75) is 51.2 Å². The average molecular weight is 475 g/mol. The second kappa shape index (κ2) is 11.8. The van der Waals surface area contributed by atoms with E-state index >= 15 is 0 Å². The monoisotopic (exact) mass is 474 g/mol. The SMILES string of the molecule is COc1ncnc(OC)c1-n1c(CCCCO)nnc1NSC(C)C(C)c1cnc(C)cn1. The molecule has 0 aromatic carbocycles. The van der Waals surface area contributed by atoms with Gasteiger partial charge in [0.2, 0.25) is 17.7 Å². The minimum absolute atomic E-state index is 0.119. The number of aliphatic hydroxyl groups excluding tert-OH is 1. The summed E-state index contributed by atoms with van der Waals surface area (Å²) in [5, 5.41) is 18.1. The molecule has 2 atom stereocenters. The smallest absolute Gasteiger partial charge is 0.245 e. The van der Waals surface area contributed by atoms with E-state index in [1.165, 1.54) is 32.5 Å². The summed E-state index contributed by atoms with van der Waals surface area (Å²) in [6.07, 6.45) is 6.99. The summed E-state index contributed by atoms with van der Waals surface area (Å²) >= 11 is 1.51. The molecule has 0 aliphatic heterocycles. The highest BCUT2D eigenvalue weighted by molar-refractivity contribution is 8.01. The molecule has 0 spiro atoms. The van der Waals surface area contributed by atoms with Gasteiger partial charge < -0.3 is 14.6 Å². The standard InChI is InChI=1S/C21H30N8O3S/c1-13-10-23-16(11-22-13)14(2)15(3)33-28-21-27-26-17(8-6-7-9-30)29(21)18-19(31-4)24-12-25-20(18)32-5/h10-12,14-15,30H,6-9H2,1-5H3,(H,27,28). The molecule has 0 saturated heterocycles. The van der Waals surface area contributed by atoms with Gasteiger partial charge in [-0.25, -0.2) is 0 Å². The summed E-state index contributed by atoms with van der Waals surface area (Å²) in [6.45, 7) is 6.26. The van der Waals surface area contributed by atoms with Crippen LogP contribution in [0.5, 0.6) is 11.8 Å². The van der Waals surface area contributed by atoms with Gasteiger partial charge in [0.05, 0.1) is 25.6 Å². The van der Waals surface area contributed by atoms with Gasteiger partial charge in [-0.1, -0.05) is 13.8 Å². The fraction of sp³-hybridized carbons (Fsp3) is 0.524. The number of unbranched alkanes of at least 4 members (excludes halogenated alkanes) is 1. The molecule has 178 valence electrons. The van der Waals surface area contributed by atoms with E-state index in [1.807, 2.05) is 17.7 Å². The predicted octanol–water partition coefficient (Wildman–Crippen LogP) is 2.74. The lowest BCUT2D eigenvalue weighted by Crippen LogP contribution is -2.15. The van der Waals surface area contributed by atoms with Crippen LogP contribution in [-0.4, -0.2) is 65.9 Å². The van der Waals surface area contributed by atoms with Gasteiger partial charge in [-0.05, 0) is 31.7 Å². The van der Waals surface area contributed by atoms with Crippen LogP contribution in [0.25, 0.3) is 5.69 Å². The van der Waals surface area contributed by atoms with Gasteiger partial charge in [-0.3, -0.25) is 19.3 Å². The van der Waals surface area contributed by atoms with Crippen molar-refractivity contribution in [2.24, 2.45) is 0 Å². The number of nitrogens with zero attached hydrogens (tertiary/aromatic N) is 7. The van der Waals surface area contributed by atoms with Crippen molar-refractivity contribution in [3.63, 3.8) is 0 Å². The van der Waals surface area contributed by atoms with E-state index in [1.54, 1.807) is 6.20 Å². The van der Waals surface area contributed by atoms with Gasteiger partial charge in [-0.2, -0.15) is 9.97 Å². The summed E-state index contributed by atoms with van der Waals surface area (Å²) in [7, 11) is 3.07. The molecule has 3 rings (SSSR count). The van der Waals surface area contributed by atoms with Crippen LogP contribution in [0.15, 0.2) is 18.7 Å². The maximum absolute atomic E-state index is 9.18. The number of ether oxygens (including phenoxy) is 2. The lowest BCUT2D eigenvalue weighted by Gasteiger charge is -2.20. The predicted molar refractivity (Wildman–Crippen MR) is 126 cm³/mol. The molecule has 2 N–H and O–H groups in total. The van der Waals surface area contributed by atoms with E-state index < -0.39 is 0 Å². The molecule has 0 saturated carbocycles. The largest absolute Gasteiger partial charge is 0.479 e. The van der Waals surface area contributed by atoms with Crippen LogP contribution in [0.1, 0.15) is 49.8 Å². The van der Waals surface area contributed by atoms with Crippen LogP contribution < -0.4 is 14.2 Å². The number of hydrogen-bond acceptors (Lipinski definition) is 11. The molecule has 12 heteroatoms. The first-order valence-electron chi connectivity index (χ1n) is 10.7. The summed E-state index contributed by atoms with van der Waals surface area (Å²) in [6, 6.07) is 0. The fourth-order valence-electron chi connectivity index (χ4n) is 3.14. The van der Waals surface area contributed by atoms with Crippen LogP contribution in [0.3, 0.4) is 0 Å².